The summed E-state index contributed by atoms with van der Waals surface area (Å²) in [5.74, 6) is -0.272. The third kappa shape index (κ3) is 3.61. The van der Waals surface area contributed by atoms with Gasteiger partial charge in [0.2, 0.25) is 10.0 Å². The van der Waals surface area contributed by atoms with Crippen LogP contribution in [0.25, 0.3) is 5.57 Å². The molecule has 0 radical (unpaired) electrons. The molecule has 152 valence electrons. The fraction of sp³-hybridized carbons (Fsp3) is 0.318. The molecule has 2 aromatic carbocycles. The molecule has 29 heavy (non-hydrogen) atoms. The highest BCUT2D eigenvalue weighted by molar-refractivity contribution is 7.89. The summed E-state index contributed by atoms with van der Waals surface area (Å²) < 4.78 is 32.4. The summed E-state index contributed by atoms with van der Waals surface area (Å²) in [7, 11) is -2.17. The first-order valence-electron chi connectivity index (χ1n) is 9.50. The van der Waals surface area contributed by atoms with Gasteiger partial charge in [-0.1, -0.05) is 41.9 Å². The van der Waals surface area contributed by atoms with E-state index < -0.39 is 10.0 Å². The van der Waals surface area contributed by atoms with Crippen LogP contribution in [0.4, 0.5) is 0 Å². The van der Waals surface area contributed by atoms with Crippen LogP contribution in [0.3, 0.4) is 0 Å². The highest BCUT2D eigenvalue weighted by atomic mass is 35.5. The molecule has 1 spiro atoms. The Morgan fingerprint density at radius 3 is 2.41 bits per heavy atom. The molecular formula is C22H22ClNO4S. The molecule has 0 amide bonds. The molecule has 2 aromatic rings. The molecule has 1 saturated heterocycles. The van der Waals surface area contributed by atoms with Gasteiger partial charge in [-0.25, -0.2) is 8.42 Å². The lowest BCUT2D eigenvalue weighted by molar-refractivity contribution is -0.139. The van der Waals surface area contributed by atoms with Crippen molar-refractivity contribution >= 4 is 33.2 Å². The number of nitrogens with zero attached hydrogens (tertiary/aromatic N) is 1. The van der Waals surface area contributed by atoms with Crippen LogP contribution in [-0.2, 0) is 25.0 Å². The quantitative estimate of drug-likeness (QED) is 0.686. The van der Waals surface area contributed by atoms with E-state index in [4.69, 9.17) is 16.3 Å². The van der Waals surface area contributed by atoms with Crippen LogP contribution in [0.1, 0.15) is 30.4 Å². The summed E-state index contributed by atoms with van der Waals surface area (Å²) in [6.45, 7) is 0.836. The van der Waals surface area contributed by atoms with Crippen molar-refractivity contribution in [3.8, 4) is 0 Å². The minimum atomic E-state index is -3.56. The molecule has 2 aliphatic rings. The summed E-state index contributed by atoms with van der Waals surface area (Å²) >= 11 is 5.89. The Bertz CT molecular complexity index is 1070. The van der Waals surface area contributed by atoms with E-state index in [1.54, 1.807) is 24.3 Å². The lowest BCUT2D eigenvalue weighted by atomic mass is 9.75. The van der Waals surface area contributed by atoms with E-state index in [0.717, 1.165) is 11.1 Å². The maximum atomic E-state index is 13.0. The monoisotopic (exact) mass is 431 g/mol. The number of rotatable bonds is 4. The Hall–Kier alpha value is -2.15. The number of allylic oxidation sites excluding steroid dienone is 1. The lowest BCUT2D eigenvalue weighted by Crippen LogP contribution is -2.43. The van der Waals surface area contributed by atoms with Crippen LogP contribution in [0.2, 0.25) is 5.02 Å². The summed E-state index contributed by atoms with van der Waals surface area (Å²) in [5.41, 5.74) is 2.95. The topological polar surface area (TPSA) is 63.7 Å². The smallest absolute Gasteiger partial charge is 0.309 e. The molecular weight excluding hydrogens is 410 g/mol. The van der Waals surface area contributed by atoms with Gasteiger partial charge >= 0.3 is 5.97 Å². The number of esters is 1. The Morgan fingerprint density at radius 2 is 1.76 bits per heavy atom. The van der Waals surface area contributed by atoms with Gasteiger partial charge in [-0.05, 0) is 53.8 Å². The van der Waals surface area contributed by atoms with Crippen LogP contribution >= 0.6 is 11.6 Å². The molecule has 1 aliphatic heterocycles. The van der Waals surface area contributed by atoms with Gasteiger partial charge in [0, 0.05) is 23.5 Å². The van der Waals surface area contributed by atoms with Crippen molar-refractivity contribution in [2.45, 2.75) is 29.6 Å². The van der Waals surface area contributed by atoms with Crippen molar-refractivity contribution in [1.29, 1.82) is 0 Å². The second-order valence-electron chi connectivity index (χ2n) is 7.48. The normalized spacial score (nSPS) is 18.3. The molecule has 1 aliphatic carbocycles. The van der Waals surface area contributed by atoms with Crippen molar-refractivity contribution < 1.29 is 17.9 Å². The molecule has 1 heterocycles. The van der Waals surface area contributed by atoms with Crippen LogP contribution < -0.4 is 0 Å². The Labute approximate surface area is 176 Å². The standard InChI is InChI=1S/C22H22ClNO4S/c1-28-21(25)14-16-15-22(20-5-3-2-4-19(16)20)10-12-24(13-11-22)29(26,27)18-8-6-17(23)7-9-18/h2-9,15H,10-14H2,1H3. The zero-order valence-corrected chi connectivity index (χ0v) is 17.7. The van der Waals surface area contributed by atoms with E-state index >= 15 is 0 Å². The van der Waals surface area contributed by atoms with Crippen LogP contribution in [-0.4, -0.2) is 38.9 Å². The summed E-state index contributed by atoms with van der Waals surface area (Å²) in [4.78, 5) is 12.1. The Balaban J connectivity index is 1.59. The third-order valence-corrected chi connectivity index (χ3v) is 8.05. The average molecular weight is 432 g/mol. The van der Waals surface area contributed by atoms with Gasteiger partial charge in [0.1, 0.15) is 0 Å². The molecule has 0 bridgehead atoms. The molecule has 0 N–H and O–H groups in total. The number of sulfonamides is 1. The Morgan fingerprint density at radius 1 is 1.10 bits per heavy atom. The predicted octanol–water partition coefficient (Wildman–Crippen LogP) is 4.02. The van der Waals surface area contributed by atoms with Gasteiger partial charge in [0.05, 0.1) is 18.4 Å². The van der Waals surface area contributed by atoms with Gasteiger partial charge in [-0.3, -0.25) is 4.79 Å². The van der Waals surface area contributed by atoms with Crippen molar-refractivity contribution in [2.75, 3.05) is 20.2 Å². The number of benzene rings is 2. The summed E-state index contributed by atoms with van der Waals surface area (Å²) in [6.07, 6.45) is 3.71. The molecule has 1 fully saturated rings. The number of hydrogen-bond acceptors (Lipinski definition) is 4. The summed E-state index contributed by atoms with van der Waals surface area (Å²) in [6, 6.07) is 14.3. The van der Waals surface area contributed by atoms with Crippen LogP contribution in [0, 0.1) is 0 Å². The fourth-order valence-corrected chi connectivity index (χ4v) is 5.92. The zero-order valence-electron chi connectivity index (χ0n) is 16.1. The minimum absolute atomic E-state index is 0.224. The van der Waals surface area contributed by atoms with Gasteiger partial charge in [0.15, 0.2) is 0 Å². The van der Waals surface area contributed by atoms with Gasteiger partial charge in [0.25, 0.3) is 0 Å². The SMILES string of the molecule is COC(=O)CC1=CC2(CCN(S(=O)(=O)c3ccc(Cl)cc3)CC2)c2ccccc21. The van der Waals surface area contributed by atoms with Crippen LogP contribution in [0.5, 0.6) is 0 Å². The maximum absolute atomic E-state index is 13.0. The molecule has 0 atom stereocenters. The first-order valence-corrected chi connectivity index (χ1v) is 11.3. The van der Waals surface area contributed by atoms with E-state index in [9.17, 15) is 13.2 Å². The number of fused-ring (bicyclic) bond motifs is 2. The molecule has 4 rings (SSSR count). The van der Waals surface area contributed by atoms with E-state index in [1.807, 2.05) is 18.2 Å². The van der Waals surface area contributed by atoms with E-state index in [0.29, 0.717) is 31.0 Å². The first-order chi connectivity index (χ1) is 13.9. The van der Waals surface area contributed by atoms with Crippen molar-refractivity contribution in [1.82, 2.24) is 4.31 Å². The lowest BCUT2D eigenvalue weighted by Gasteiger charge is -2.38. The average Bonchev–Trinajstić information content (AvgIpc) is 3.02. The largest absolute Gasteiger partial charge is 0.469 e. The third-order valence-electron chi connectivity index (χ3n) is 5.89. The molecule has 0 unspecified atom stereocenters. The van der Waals surface area contributed by atoms with Crippen molar-refractivity contribution in [3.05, 3.63) is 70.8 Å². The predicted molar refractivity (Wildman–Crippen MR) is 112 cm³/mol. The van der Waals surface area contributed by atoms with Gasteiger partial charge in [-0.2, -0.15) is 4.31 Å². The second-order valence-corrected chi connectivity index (χ2v) is 9.86. The molecule has 5 nitrogen and oxygen atoms in total. The number of carbonyl (C=O) groups excluding carboxylic acids is 1. The number of hydrogen-bond donors (Lipinski definition) is 0. The Kier molecular flexibility index (Phi) is 5.27. The van der Waals surface area contributed by atoms with Crippen molar-refractivity contribution in [3.63, 3.8) is 0 Å². The molecule has 0 aromatic heterocycles. The van der Waals surface area contributed by atoms with Crippen molar-refractivity contribution in [2.24, 2.45) is 0 Å². The number of ether oxygens (including phenoxy) is 1. The maximum Gasteiger partial charge on any atom is 0.309 e. The zero-order chi connectivity index (χ0) is 20.6. The highest BCUT2D eigenvalue weighted by Gasteiger charge is 2.43. The van der Waals surface area contributed by atoms with Gasteiger partial charge in [-0.15, -0.1) is 0 Å². The first kappa shape index (κ1) is 20.1. The fourth-order valence-electron chi connectivity index (χ4n) is 4.36. The molecule has 7 heteroatoms. The number of carbonyl (C=O) groups is 1. The second kappa shape index (κ2) is 7.59. The van der Waals surface area contributed by atoms with E-state index in [2.05, 4.69) is 12.1 Å². The number of halogens is 1. The van der Waals surface area contributed by atoms with Crippen LogP contribution in [0.15, 0.2) is 59.5 Å². The van der Waals surface area contributed by atoms with Gasteiger partial charge < -0.3 is 4.74 Å². The summed E-state index contributed by atoms with van der Waals surface area (Å²) in [5, 5.41) is 0.507. The highest BCUT2D eigenvalue weighted by Crippen LogP contribution is 2.48. The van der Waals surface area contributed by atoms with E-state index in [-0.39, 0.29) is 22.7 Å². The number of piperidine rings is 1. The van der Waals surface area contributed by atoms with E-state index in [1.165, 1.54) is 17.0 Å². The minimum Gasteiger partial charge on any atom is -0.469 e. The molecule has 0 saturated carbocycles. The number of methoxy groups -OCH3 is 1.